The fraction of sp³-hybridized carbons (Fsp3) is 0.333. The molecule has 0 aromatic heterocycles. The second kappa shape index (κ2) is 7.22. The second-order valence-corrected chi connectivity index (χ2v) is 5.10. The molecule has 0 bridgehead atoms. The van der Waals surface area contributed by atoms with Gasteiger partial charge in [0.05, 0.1) is 17.3 Å². The molecule has 0 saturated heterocycles. The fourth-order valence-corrected chi connectivity index (χ4v) is 2.06. The van der Waals surface area contributed by atoms with Crippen molar-refractivity contribution in [1.82, 2.24) is 5.32 Å². The van der Waals surface area contributed by atoms with Gasteiger partial charge in [-0.3, -0.25) is 4.79 Å². The molecule has 1 unspecified atom stereocenters. The van der Waals surface area contributed by atoms with Gasteiger partial charge >= 0.3 is 0 Å². The molecule has 1 N–H and O–H groups in total. The molecule has 0 spiro atoms. The monoisotopic (exact) mass is 310 g/mol. The zero-order valence-electron chi connectivity index (χ0n) is 11.6. The molecule has 1 aromatic carbocycles. The first-order chi connectivity index (χ1) is 10.1. The van der Waals surface area contributed by atoms with Crippen LogP contribution in [0.4, 0.5) is 4.39 Å². The summed E-state index contributed by atoms with van der Waals surface area (Å²) in [5.74, 6) is -0.729. The normalized spacial score (nSPS) is 17.7. The first-order valence-electron chi connectivity index (χ1n) is 6.71. The van der Waals surface area contributed by atoms with Crippen molar-refractivity contribution in [2.24, 2.45) is 5.16 Å². The summed E-state index contributed by atoms with van der Waals surface area (Å²) in [5.41, 5.74) is 1.66. The summed E-state index contributed by atoms with van der Waals surface area (Å²) in [6.07, 6.45) is 4.45. The molecule has 0 saturated carbocycles. The number of hydrogen-bond donors (Lipinski definition) is 1. The van der Waals surface area contributed by atoms with E-state index < -0.39 is 5.82 Å². The number of nitrogens with zero attached hydrogens (tertiary/aromatic N) is 1. The summed E-state index contributed by atoms with van der Waals surface area (Å²) in [4.78, 5) is 16.9. The van der Waals surface area contributed by atoms with Gasteiger partial charge in [0.15, 0.2) is 0 Å². The lowest BCUT2D eigenvalue weighted by Crippen LogP contribution is -2.31. The average Bonchev–Trinajstić information content (AvgIpc) is 2.94. The summed E-state index contributed by atoms with van der Waals surface area (Å²) in [6.45, 7) is 2.42. The Kier molecular flexibility index (Phi) is 5.33. The van der Waals surface area contributed by atoms with Crippen LogP contribution in [0.2, 0.25) is 5.02 Å². The topological polar surface area (TPSA) is 50.7 Å². The third-order valence-electron chi connectivity index (χ3n) is 3.08. The Morgan fingerprint density at radius 1 is 1.62 bits per heavy atom. The average molecular weight is 311 g/mol. The minimum atomic E-state index is -0.483. The smallest absolute Gasteiger partial charge is 0.244 e. The second-order valence-electron chi connectivity index (χ2n) is 4.69. The van der Waals surface area contributed by atoms with E-state index in [1.165, 1.54) is 18.2 Å². The number of carbonyl (C=O) groups is 1. The first kappa shape index (κ1) is 15.5. The minimum Gasteiger partial charge on any atom is -0.390 e. The Labute approximate surface area is 127 Å². The third kappa shape index (κ3) is 4.56. The van der Waals surface area contributed by atoms with Crippen molar-refractivity contribution in [2.75, 3.05) is 6.54 Å². The number of rotatable bonds is 5. The Morgan fingerprint density at radius 3 is 3.10 bits per heavy atom. The Morgan fingerprint density at radius 2 is 2.43 bits per heavy atom. The summed E-state index contributed by atoms with van der Waals surface area (Å²) < 4.78 is 13.0. The number of halogens is 2. The maximum absolute atomic E-state index is 13.0. The van der Waals surface area contributed by atoms with Crippen LogP contribution in [0.15, 0.2) is 29.4 Å². The van der Waals surface area contributed by atoms with E-state index in [4.69, 9.17) is 16.4 Å². The quantitative estimate of drug-likeness (QED) is 0.849. The van der Waals surface area contributed by atoms with Crippen LogP contribution in [-0.2, 0) is 9.63 Å². The molecule has 1 aliphatic heterocycles. The molecule has 1 aliphatic rings. The Hall–Kier alpha value is -1.88. The molecule has 2 rings (SSSR count). The molecule has 1 amide bonds. The lowest BCUT2D eigenvalue weighted by atomic mass is 10.1. The molecule has 0 radical (unpaired) electrons. The van der Waals surface area contributed by atoms with Crippen molar-refractivity contribution >= 4 is 29.3 Å². The van der Waals surface area contributed by atoms with Gasteiger partial charge in [-0.1, -0.05) is 29.7 Å². The minimum absolute atomic E-state index is 0.0288. The maximum Gasteiger partial charge on any atom is 0.244 e. The molecule has 6 heteroatoms. The Balaban J connectivity index is 1.79. The highest BCUT2D eigenvalue weighted by Crippen LogP contribution is 2.16. The zero-order valence-corrected chi connectivity index (χ0v) is 12.4. The molecular weight excluding hydrogens is 295 g/mol. The van der Waals surface area contributed by atoms with Crippen LogP contribution in [0.5, 0.6) is 0 Å². The summed E-state index contributed by atoms with van der Waals surface area (Å²) in [7, 11) is 0. The van der Waals surface area contributed by atoms with Crippen molar-refractivity contribution < 1.29 is 14.0 Å². The standard InChI is InChI=1S/C15H16ClFN2O2/c1-2-11-8-12(21-19-11)9-18-15(20)6-4-10-3-5-14(17)13(16)7-10/h3-7,12H,2,8-9H2,1H3,(H,18,20)/b6-4+. The lowest BCUT2D eigenvalue weighted by molar-refractivity contribution is -0.117. The number of hydrogen-bond acceptors (Lipinski definition) is 3. The number of carbonyl (C=O) groups excluding carboxylic acids is 1. The highest BCUT2D eigenvalue weighted by atomic mass is 35.5. The molecule has 112 valence electrons. The van der Waals surface area contributed by atoms with E-state index in [1.807, 2.05) is 6.92 Å². The predicted molar refractivity (Wildman–Crippen MR) is 80.7 cm³/mol. The van der Waals surface area contributed by atoms with E-state index in [0.717, 1.165) is 18.6 Å². The third-order valence-corrected chi connectivity index (χ3v) is 3.37. The van der Waals surface area contributed by atoms with Crippen molar-refractivity contribution in [3.8, 4) is 0 Å². The van der Waals surface area contributed by atoms with Gasteiger partial charge in [-0.15, -0.1) is 0 Å². The SMILES string of the molecule is CCC1=NOC(CNC(=O)/C=C/c2ccc(F)c(Cl)c2)C1. The zero-order chi connectivity index (χ0) is 15.2. The van der Waals surface area contributed by atoms with E-state index in [-0.39, 0.29) is 17.0 Å². The molecule has 0 aliphatic carbocycles. The van der Waals surface area contributed by atoms with E-state index in [0.29, 0.717) is 12.1 Å². The summed E-state index contributed by atoms with van der Waals surface area (Å²) in [5, 5.41) is 6.69. The number of nitrogens with one attached hydrogen (secondary N) is 1. The highest BCUT2D eigenvalue weighted by Gasteiger charge is 2.19. The van der Waals surface area contributed by atoms with Crippen LogP contribution >= 0.6 is 11.6 Å². The van der Waals surface area contributed by atoms with E-state index >= 15 is 0 Å². The van der Waals surface area contributed by atoms with Gasteiger partial charge < -0.3 is 10.2 Å². The van der Waals surface area contributed by atoms with E-state index in [1.54, 1.807) is 12.1 Å². The van der Waals surface area contributed by atoms with Crippen molar-refractivity contribution in [2.45, 2.75) is 25.9 Å². The maximum atomic E-state index is 13.0. The number of amides is 1. The van der Waals surface area contributed by atoms with Crippen LogP contribution in [0.25, 0.3) is 6.08 Å². The molecule has 21 heavy (non-hydrogen) atoms. The molecule has 1 aromatic rings. The van der Waals surface area contributed by atoms with Gasteiger partial charge in [-0.05, 0) is 30.2 Å². The van der Waals surface area contributed by atoms with Gasteiger partial charge in [0.1, 0.15) is 11.9 Å². The largest absolute Gasteiger partial charge is 0.390 e. The molecule has 1 atom stereocenters. The van der Waals surface area contributed by atoms with Gasteiger partial charge in [-0.25, -0.2) is 4.39 Å². The number of benzene rings is 1. The molecule has 4 nitrogen and oxygen atoms in total. The van der Waals surface area contributed by atoms with Gasteiger partial charge in [0, 0.05) is 12.5 Å². The molecule has 1 heterocycles. The molecular formula is C15H16ClFN2O2. The summed E-state index contributed by atoms with van der Waals surface area (Å²) >= 11 is 5.67. The van der Waals surface area contributed by atoms with E-state index in [2.05, 4.69) is 10.5 Å². The molecule has 0 fully saturated rings. The van der Waals surface area contributed by atoms with Crippen molar-refractivity contribution in [1.29, 1.82) is 0 Å². The van der Waals surface area contributed by atoms with E-state index in [9.17, 15) is 9.18 Å². The van der Waals surface area contributed by atoms with Crippen molar-refractivity contribution in [3.05, 3.63) is 40.7 Å². The van der Waals surface area contributed by atoms with Crippen LogP contribution in [0.3, 0.4) is 0 Å². The predicted octanol–water partition coefficient (Wildman–Crippen LogP) is 3.16. The Bertz CT molecular complexity index is 587. The first-order valence-corrected chi connectivity index (χ1v) is 7.08. The van der Waals surface area contributed by atoms with Gasteiger partial charge in [-0.2, -0.15) is 0 Å². The summed E-state index contributed by atoms with van der Waals surface area (Å²) in [6, 6.07) is 4.27. The van der Waals surface area contributed by atoms with Crippen LogP contribution < -0.4 is 5.32 Å². The highest BCUT2D eigenvalue weighted by molar-refractivity contribution is 6.30. The van der Waals surface area contributed by atoms with Crippen LogP contribution in [-0.4, -0.2) is 24.3 Å². The van der Waals surface area contributed by atoms with Gasteiger partial charge in [0.2, 0.25) is 5.91 Å². The van der Waals surface area contributed by atoms with Crippen LogP contribution in [0, 0.1) is 5.82 Å². The fourth-order valence-electron chi connectivity index (χ4n) is 1.87. The van der Waals surface area contributed by atoms with Gasteiger partial charge in [0.25, 0.3) is 0 Å². The van der Waals surface area contributed by atoms with Crippen LogP contribution in [0.1, 0.15) is 25.3 Å². The lowest BCUT2D eigenvalue weighted by Gasteiger charge is -2.08. The van der Waals surface area contributed by atoms with Crippen molar-refractivity contribution in [3.63, 3.8) is 0 Å². The number of oxime groups is 1.